The fourth-order valence-corrected chi connectivity index (χ4v) is 1.23. The van der Waals surface area contributed by atoms with Crippen LogP contribution in [0.25, 0.3) is 0 Å². The summed E-state index contributed by atoms with van der Waals surface area (Å²) in [5.41, 5.74) is 1.53. The summed E-state index contributed by atoms with van der Waals surface area (Å²) < 4.78 is 0. The summed E-state index contributed by atoms with van der Waals surface area (Å²) in [7, 11) is 1.87. The van der Waals surface area contributed by atoms with Crippen LogP contribution in [0.15, 0.2) is 4.99 Å². The zero-order chi connectivity index (χ0) is 8.91. The van der Waals surface area contributed by atoms with Crippen LogP contribution in [-0.2, 0) is 0 Å². The molecule has 0 saturated carbocycles. The van der Waals surface area contributed by atoms with Gasteiger partial charge in [-0.25, -0.2) is 0 Å². The number of thiol groups is 1. The summed E-state index contributed by atoms with van der Waals surface area (Å²) in [5.74, 6) is 0.953. The number of nitrogens with zero attached hydrogens (tertiary/aromatic N) is 1. The van der Waals surface area contributed by atoms with Gasteiger partial charge in [0.1, 0.15) is 0 Å². The SMILES string of the molecule is C/N=C(\CCCS)C(C)(C)C. The minimum atomic E-state index is 0.234. The Hall–Kier alpha value is 0.0200. The van der Waals surface area contributed by atoms with Crippen molar-refractivity contribution in [3.63, 3.8) is 0 Å². The van der Waals surface area contributed by atoms with Gasteiger partial charge in [0.15, 0.2) is 0 Å². The molecule has 1 nitrogen and oxygen atoms in total. The molecule has 0 aliphatic carbocycles. The largest absolute Gasteiger partial charge is 0.297 e. The lowest BCUT2D eigenvalue weighted by molar-refractivity contribution is 0.574. The zero-order valence-electron chi connectivity index (χ0n) is 8.02. The van der Waals surface area contributed by atoms with Gasteiger partial charge >= 0.3 is 0 Å². The molecule has 0 amide bonds. The molecule has 66 valence electrons. The highest BCUT2D eigenvalue weighted by molar-refractivity contribution is 7.80. The summed E-state index contributed by atoms with van der Waals surface area (Å²) in [6.45, 7) is 6.61. The number of hydrogen-bond donors (Lipinski definition) is 1. The van der Waals surface area contributed by atoms with Gasteiger partial charge in [-0.1, -0.05) is 20.8 Å². The predicted molar refractivity (Wildman–Crippen MR) is 55.9 cm³/mol. The third-order valence-electron chi connectivity index (χ3n) is 1.71. The molecule has 0 saturated heterocycles. The third kappa shape index (κ3) is 4.46. The van der Waals surface area contributed by atoms with Gasteiger partial charge in [0.2, 0.25) is 0 Å². The first-order valence-corrected chi connectivity index (χ1v) is 4.72. The molecule has 0 aromatic carbocycles. The molecule has 0 N–H and O–H groups in total. The molecular weight excluding hydrogens is 154 g/mol. The van der Waals surface area contributed by atoms with Gasteiger partial charge in [0.05, 0.1) is 0 Å². The molecule has 0 bridgehead atoms. The number of rotatable bonds is 3. The highest BCUT2D eigenvalue weighted by Gasteiger charge is 2.16. The Morgan fingerprint density at radius 2 is 1.91 bits per heavy atom. The van der Waals surface area contributed by atoms with Crippen LogP contribution >= 0.6 is 12.6 Å². The van der Waals surface area contributed by atoms with E-state index in [-0.39, 0.29) is 5.41 Å². The van der Waals surface area contributed by atoms with Crippen LogP contribution in [0.2, 0.25) is 0 Å². The van der Waals surface area contributed by atoms with E-state index < -0.39 is 0 Å². The molecule has 0 radical (unpaired) electrons. The maximum absolute atomic E-state index is 4.28. The fraction of sp³-hybridized carbons (Fsp3) is 0.889. The van der Waals surface area contributed by atoms with Crippen LogP contribution in [0.5, 0.6) is 0 Å². The van der Waals surface area contributed by atoms with Crippen molar-refractivity contribution in [2.75, 3.05) is 12.8 Å². The van der Waals surface area contributed by atoms with Gasteiger partial charge in [0.25, 0.3) is 0 Å². The van der Waals surface area contributed by atoms with E-state index >= 15 is 0 Å². The van der Waals surface area contributed by atoms with Crippen LogP contribution in [-0.4, -0.2) is 18.5 Å². The summed E-state index contributed by atoms with van der Waals surface area (Å²) in [4.78, 5) is 4.28. The Morgan fingerprint density at radius 3 is 2.18 bits per heavy atom. The molecule has 0 aromatic heterocycles. The van der Waals surface area contributed by atoms with Crippen LogP contribution in [0, 0.1) is 5.41 Å². The van der Waals surface area contributed by atoms with Crippen LogP contribution in [0.1, 0.15) is 33.6 Å². The Labute approximate surface area is 75.7 Å². The molecule has 0 aliphatic heterocycles. The maximum Gasteiger partial charge on any atom is 0.0276 e. The maximum atomic E-state index is 4.28. The molecule has 0 rings (SSSR count). The quantitative estimate of drug-likeness (QED) is 0.498. The summed E-state index contributed by atoms with van der Waals surface area (Å²) in [6, 6.07) is 0. The van der Waals surface area contributed by atoms with Crippen LogP contribution in [0.3, 0.4) is 0 Å². The van der Waals surface area contributed by atoms with E-state index in [1.807, 2.05) is 7.05 Å². The van der Waals surface area contributed by atoms with Gasteiger partial charge in [-0.15, -0.1) is 0 Å². The Balaban J connectivity index is 3.99. The topological polar surface area (TPSA) is 12.4 Å². The second-order valence-electron chi connectivity index (χ2n) is 3.75. The molecule has 0 unspecified atom stereocenters. The Kier molecular flexibility index (Phi) is 4.82. The normalized spacial score (nSPS) is 13.7. The van der Waals surface area contributed by atoms with Gasteiger partial charge in [-0.3, -0.25) is 4.99 Å². The molecule has 0 aliphatic rings. The van der Waals surface area contributed by atoms with Crippen molar-refractivity contribution < 1.29 is 0 Å². The molecule has 11 heavy (non-hydrogen) atoms. The van der Waals surface area contributed by atoms with E-state index in [0.717, 1.165) is 18.6 Å². The summed E-state index contributed by atoms with van der Waals surface area (Å²) >= 11 is 4.17. The van der Waals surface area contributed by atoms with E-state index in [4.69, 9.17) is 0 Å². The van der Waals surface area contributed by atoms with Crippen molar-refractivity contribution in [2.24, 2.45) is 10.4 Å². The third-order valence-corrected chi connectivity index (χ3v) is 2.02. The summed E-state index contributed by atoms with van der Waals surface area (Å²) in [6.07, 6.45) is 2.22. The monoisotopic (exact) mass is 173 g/mol. The Bertz CT molecular complexity index is 133. The molecule has 0 heterocycles. The number of hydrogen-bond acceptors (Lipinski definition) is 2. The molecule has 0 spiro atoms. The van der Waals surface area contributed by atoms with Gasteiger partial charge < -0.3 is 0 Å². The van der Waals surface area contributed by atoms with E-state index in [0.29, 0.717) is 0 Å². The van der Waals surface area contributed by atoms with E-state index in [1.54, 1.807) is 0 Å². The minimum Gasteiger partial charge on any atom is -0.297 e. The number of aliphatic imine (C=N–C) groups is 1. The molecule has 2 heteroatoms. The Morgan fingerprint density at radius 1 is 1.36 bits per heavy atom. The first-order chi connectivity index (χ1) is 5.02. The summed E-state index contributed by atoms with van der Waals surface area (Å²) in [5, 5.41) is 0. The van der Waals surface area contributed by atoms with Gasteiger partial charge in [-0.2, -0.15) is 12.6 Å². The van der Waals surface area contributed by atoms with E-state index in [9.17, 15) is 0 Å². The van der Waals surface area contributed by atoms with Crippen molar-refractivity contribution >= 4 is 18.3 Å². The fourth-order valence-electron chi connectivity index (χ4n) is 1.07. The lowest BCUT2D eigenvalue weighted by atomic mass is 9.87. The molecule has 0 aromatic rings. The van der Waals surface area contributed by atoms with E-state index in [1.165, 1.54) is 5.71 Å². The lowest BCUT2D eigenvalue weighted by Gasteiger charge is -2.20. The standard InChI is InChI=1S/C9H19NS/c1-9(2,3)8(10-4)6-5-7-11/h11H,5-7H2,1-4H3/b10-8+. The minimum absolute atomic E-state index is 0.234. The van der Waals surface area contributed by atoms with Gasteiger partial charge in [-0.05, 0) is 24.0 Å². The highest BCUT2D eigenvalue weighted by Crippen LogP contribution is 2.19. The van der Waals surface area contributed by atoms with Crippen LogP contribution < -0.4 is 0 Å². The average Bonchev–Trinajstić information content (AvgIpc) is 1.87. The van der Waals surface area contributed by atoms with Crippen molar-refractivity contribution in [3.05, 3.63) is 0 Å². The first kappa shape index (κ1) is 11.0. The smallest absolute Gasteiger partial charge is 0.0276 e. The van der Waals surface area contributed by atoms with Crippen molar-refractivity contribution in [1.82, 2.24) is 0 Å². The van der Waals surface area contributed by atoms with Crippen molar-refractivity contribution in [2.45, 2.75) is 33.6 Å². The van der Waals surface area contributed by atoms with E-state index in [2.05, 4.69) is 38.4 Å². The zero-order valence-corrected chi connectivity index (χ0v) is 8.91. The van der Waals surface area contributed by atoms with Crippen molar-refractivity contribution in [1.29, 1.82) is 0 Å². The predicted octanol–water partition coefficient (Wildman–Crippen LogP) is 2.81. The van der Waals surface area contributed by atoms with Crippen molar-refractivity contribution in [3.8, 4) is 0 Å². The molecule has 0 fully saturated rings. The van der Waals surface area contributed by atoms with Gasteiger partial charge in [0, 0.05) is 12.8 Å². The lowest BCUT2D eigenvalue weighted by Crippen LogP contribution is -2.20. The molecule has 0 atom stereocenters. The van der Waals surface area contributed by atoms with Crippen LogP contribution in [0.4, 0.5) is 0 Å². The highest BCUT2D eigenvalue weighted by atomic mass is 32.1. The first-order valence-electron chi connectivity index (χ1n) is 4.09. The average molecular weight is 173 g/mol. The second-order valence-corrected chi connectivity index (χ2v) is 4.19. The second kappa shape index (κ2) is 4.81. The molecular formula is C9H19NS.